The lowest BCUT2D eigenvalue weighted by Gasteiger charge is -2.30. The summed E-state index contributed by atoms with van der Waals surface area (Å²) in [5.41, 5.74) is 0.744. The van der Waals surface area contributed by atoms with Crippen molar-refractivity contribution in [1.82, 2.24) is 4.57 Å². The van der Waals surface area contributed by atoms with Crippen molar-refractivity contribution >= 4 is 0 Å². The highest BCUT2D eigenvalue weighted by Crippen LogP contribution is 2.25. The molecule has 0 aliphatic carbocycles. The summed E-state index contributed by atoms with van der Waals surface area (Å²) in [5, 5.41) is 9.59. The van der Waals surface area contributed by atoms with Gasteiger partial charge >= 0.3 is 0 Å². The van der Waals surface area contributed by atoms with Crippen LogP contribution in [0.25, 0.3) is 0 Å². The summed E-state index contributed by atoms with van der Waals surface area (Å²) in [6, 6.07) is 14.0. The number of benzene rings is 1. The van der Waals surface area contributed by atoms with E-state index in [9.17, 15) is 5.11 Å². The number of aromatic nitrogens is 1. The van der Waals surface area contributed by atoms with E-state index >= 15 is 0 Å². The van der Waals surface area contributed by atoms with Crippen molar-refractivity contribution in [2.45, 2.75) is 12.5 Å². The zero-order valence-electron chi connectivity index (χ0n) is 8.80. The van der Waals surface area contributed by atoms with Crippen molar-refractivity contribution in [1.29, 1.82) is 0 Å². The van der Waals surface area contributed by atoms with Gasteiger partial charge < -0.3 is 9.67 Å². The molecule has 2 heteroatoms. The van der Waals surface area contributed by atoms with Crippen LogP contribution in [-0.2, 0) is 5.54 Å². The van der Waals surface area contributed by atoms with Gasteiger partial charge in [0.15, 0.2) is 0 Å². The second-order valence-corrected chi connectivity index (χ2v) is 3.89. The fourth-order valence-corrected chi connectivity index (χ4v) is 1.78. The minimum atomic E-state index is -0.370. The smallest absolute Gasteiger partial charge is 0.0892 e. The molecular weight excluding hydrogens is 186 g/mol. The number of aliphatic hydroxyl groups excluding tert-OH is 1. The van der Waals surface area contributed by atoms with Crippen molar-refractivity contribution in [3.05, 3.63) is 60.4 Å². The Labute approximate surface area is 89.8 Å². The normalized spacial score (nSPS) is 14.8. The Balaban J connectivity index is 2.47. The predicted octanol–water partition coefficient (Wildman–Crippen LogP) is 2.24. The van der Waals surface area contributed by atoms with Crippen LogP contribution < -0.4 is 0 Å². The topological polar surface area (TPSA) is 25.2 Å². The first kappa shape index (κ1) is 9.99. The monoisotopic (exact) mass is 201 g/mol. The van der Waals surface area contributed by atoms with Crippen LogP contribution in [0.4, 0.5) is 0 Å². The maximum Gasteiger partial charge on any atom is 0.0892 e. The van der Waals surface area contributed by atoms with Crippen LogP contribution in [0.3, 0.4) is 0 Å². The number of hydrogen-bond acceptors (Lipinski definition) is 1. The standard InChI is InChI=1S/C13H15NO/c1-13(11-15,14-9-5-6-10-14)12-7-3-2-4-8-12/h2-10,15H,11H2,1H3. The van der Waals surface area contributed by atoms with Crippen molar-refractivity contribution < 1.29 is 5.11 Å². The average molecular weight is 201 g/mol. The molecule has 2 rings (SSSR count). The van der Waals surface area contributed by atoms with Crippen LogP contribution in [0, 0.1) is 0 Å². The maximum atomic E-state index is 9.59. The minimum Gasteiger partial charge on any atom is -0.394 e. The minimum absolute atomic E-state index is 0.0890. The summed E-state index contributed by atoms with van der Waals surface area (Å²) in [5.74, 6) is 0. The van der Waals surface area contributed by atoms with Crippen LogP contribution in [0.15, 0.2) is 54.9 Å². The van der Waals surface area contributed by atoms with Crippen LogP contribution >= 0.6 is 0 Å². The van der Waals surface area contributed by atoms with Crippen molar-refractivity contribution in [2.75, 3.05) is 6.61 Å². The summed E-state index contributed by atoms with van der Waals surface area (Å²) >= 11 is 0. The van der Waals surface area contributed by atoms with E-state index in [0.29, 0.717) is 0 Å². The van der Waals surface area contributed by atoms with Crippen LogP contribution in [0.2, 0.25) is 0 Å². The molecule has 0 saturated carbocycles. The molecule has 1 aromatic heterocycles. The van der Waals surface area contributed by atoms with Gasteiger partial charge in [0.1, 0.15) is 0 Å². The molecule has 0 aliphatic heterocycles. The Morgan fingerprint density at radius 2 is 1.67 bits per heavy atom. The van der Waals surface area contributed by atoms with Crippen molar-refractivity contribution in [3.63, 3.8) is 0 Å². The first-order valence-corrected chi connectivity index (χ1v) is 5.07. The fourth-order valence-electron chi connectivity index (χ4n) is 1.78. The van der Waals surface area contributed by atoms with Gasteiger partial charge in [-0.3, -0.25) is 0 Å². The number of hydrogen-bond donors (Lipinski definition) is 1. The first-order chi connectivity index (χ1) is 7.27. The lowest BCUT2D eigenvalue weighted by Crippen LogP contribution is -2.34. The molecule has 0 radical (unpaired) electrons. The molecule has 78 valence electrons. The van der Waals surface area contributed by atoms with Gasteiger partial charge in [0.25, 0.3) is 0 Å². The highest BCUT2D eigenvalue weighted by molar-refractivity contribution is 5.25. The van der Waals surface area contributed by atoms with Gasteiger partial charge in [-0.1, -0.05) is 30.3 Å². The zero-order valence-corrected chi connectivity index (χ0v) is 8.80. The lowest BCUT2D eigenvalue weighted by atomic mass is 9.93. The molecule has 1 unspecified atom stereocenters. The van der Waals surface area contributed by atoms with Crippen molar-refractivity contribution in [3.8, 4) is 0 Å². The van der Waals surface area contributed by atoms with Gasteiger partial charge in [-0.25, -0.2) is 0 Å². The van der Waals surface area contributed by atoms with E-state index in [-0.39, 0.29) is 12.1 Å². The summed E-state index contributed by atoms with van der Waals surface area (Å²) in [6.07, 6.45) is 3.95. The third kappa shape index (κ3) is 1.68. The molecule has 2 aromatic rings. The molecule has 1 heterocycles. The molecule has 0 spiro atoms. The third-order valence-electron chi connectivity index (χ3n) is 2.88. The van der Waals surface area contributed by atoms with E-state index in [4.69, 9.17) is 0 Å². The maximum absolute atomic E-state index is 9.59. The van der Waals surface area contributed by atoms with E-state index in [1.807, 2.05) is 66.3 Å². The summed E-state index contributed by atoms with van der Waals surface area (Å²) < 4.78 is 2.03. The van der Waals surface area contributed by atoms with Gasteiger partial charge in [-0.05, 0) is 24.6 Å². The van der Waals surface area contributed by atoms with Crippen molar-refractivity contribution in [2.24, 2.45) is 0 Å². The average Bonchev–Trinajstić information content (AvgIpc) is 2.83. The fraction of sp³-hybridized carbons (Fsp3) is 0.231. The highest BCUT2D eigenvalue weighted by atomic mass is 16.3. The van der Waals surface area contributed by atoms with Gasteiger partial charge in [0.2, 0.25) is 0 Å². The number of nitrogens with zero attached hydrogens (tertiary/aromatic N) is 1. The SMILES string of the molecule is CC(CO)(c1ccccc1)n1cccc1. The van der Waals surface area contributed by atoms with Crippen LogP contribution in [-0.4, -0.2) is 16.3 Å². The van der Waals surface area contributed by atoms with E-state index in [1.54, 1.807) is 0 Å². The Hall–Kier alpha value is -1.54. The molecule has 0 bridgehead atoms. The molecule has 15 heavy (non-hydrogen) atoms. The number of rotatable bonds is 3. The molecule has 0 saturated heterocycles. The molecule has 0 fully saturated rings. The Kier molecular flexibility index (Phi) is 2.60. The molecule has 0 amide bonds. The highest BCUT2D eigenvalue weighted by Gasteiger charge is 2.26. The van der Waals surface area contributed by atoms with E-state index in [1.165, 1.54) is 0 Å². The second kappa shape index (κ2) is 3.91. The van der Waals surface area contributed by atoms with Gasteiger partial charge in [-0.15, -0.1) is 0 Å². The Morgan fingerprint density at radius 3 is 2.20 bits per heavy atom. The predicted molar refractivity (Wildman–Crippen MR) is 60.7 cm³/mol. The largest absolute Gasteiger partial charge is 0.394 e. The summed E-state index contributed by atoms with van der Waals surface area (Å²) in [6.45, 7) is 2.12. The van der Waals surface area contributed by atoms with Crippen LogP contribution in [0.5, 0.6) is 0 Å². The molecule has 1 N–H and O–H groups in total. The van der Waals surface area contributed by atoms with E-state index in [2.05, 4.69) is 0 Å². The summed E-state index contributed by atoms with van der Waals surface area (Å²) in [7, 11) is 0. The third-order valence-corrected chi connectivity index (χ3v) is 2.88. The summed E-state index contributed by atoms with van der Waals surface area (Å²) in [4.78, 5) is 0. The Morgan fingerprint density at radius 1 is 1.07 bits per heavy atom. The van der Waals surface area contributed by atoms with Gasteiger partial charge in [-0.2, -0.15) is 0 Å². The quantitative estimate of drug-likeness (QED) is 0.809. The molecule has 1 atom stereocenters. The van der Waals surface area contributed by atoms with Gasteiger partial charge in [0, 0.05) is 12.4 Å². The second-order valence-electron chi connectivity index (χ2n) is 3.89. The van der Waals surface area contributed by atoms with Gasteiger partial charge in [0.05, 0.1) is 12.1 Å². The zero-order chi connectivity index (χ0) is 10.7. The molecule has 0 aliphatic rings. The first-order valence-electron chi connectivity index (χ1n) is 5.07. The Bertz CT molecular complexity index is 407. The van der Waals surface area contributed by atoms with Crippen LogP contribution in [0.1, 0.15) is 12.5 Å². The molecular formula is C13H15NO. The van der Waals surface area contributed by atoms with E-state index in [0.717, 1.165) is 5.56 Å². The number of aliphatic hydroxyl groups is 1. The molecule has 1 aromatic carbocycles. The van der Waals surface area contributed by atoms with E-state index < -0.39 is 0 Å². The molecule has 2 nitrogen and oxygen atoms in total. The lowest BCUT2D eigenvalue weighted by molar-refractivity contribution is 0.181.